The maximum Gasteiger partial charge on any atom is 0.120 e. The van der Waals surface area contributed by atoms with Crippen LogP contribution in [-0.4, -0.2) is 16.7 Å². The lowest BCUT2D eigenvalue weighted by atomic mass is 9.74. The first kappa shape index (κ1) is 11.1. The average molecular weight is 234 g/mol. The van der Waals surface area contributed by atoms with Crippen LogP contribution in [0.5, 0.6) is 0 Å². The molecule has 1 aromatic rings. The molecule has 2 aliphatic carbocycles. The largest absolute Gasteiger partial charge is 0.328 e. The maximum atomic E-state index is 15.1. The molecule has 17 heavy (non-hydrogen) atoms. The Kier molecular flexibility index (Phi) is 2.66. The first-order valence-electron chi connectivity index (χ1n) is 6.57. The van der Waals surface area contributed by atoms with E-state index in [1.807, 2.05) is 6.07 Å². The Hall–Kier alpha value is -0.960. The van der Waals surface area contributed by atoms with E-state index in [1.165, 1.54) is 5.56 Å². The number of aromatic nitrogens is 1. The number of hydrogen-bond acceptors (Lipinski definition) is 2. The predicted molar refractivity (Wildman–Crippen MR) is 65.6 cm³/mol. The van der Waals surface area contributed by atoms with Crippen molar-refractivity contribution in [2.24, 2.45) is 5.73 Å². The Balaban J connectivity index is 1.90. The van der Waals surface area contributed by atoms with Gasteiger partial charge in [0.15, 0.2) is 0 Å². The van der Waals surface area contributed by atoms with Crippen molar-refractivity contribution in [2.45, 2.75) is 56.2 Å². The summed E-state index contributed by atoms with van der Waals surface area (Å²) >= 11 is 0. The monoisotopic (exact) mass is 234 g/mol. The number of nitrogens with zero attached hydrogens (tertiary/aromatic N) is 1. The molecule has 1 heterocycles. The van der Waals surface area contributed by atoms with Crippen LogP contribution in [0.3, 0.4) is 0 Å². The number of pyridine rings is 1. The van der Waals surface area contributed by atoms with Gasteiger partial charge < -0.3 is 5.73 Å². The van der Waals surface area contributed by atoms with E-state index in [1.54, 1.807) is 6.20 Å². The summed E-state index contributed by atoms with van der Waals surface area (Å²) in [6.07, 6.45) is 6.69. The lowest BCUT2D eigenvalue weighted by Crippen LogP contribution is -2.41. The molecule has 3 heteroatoms. The van der Waals surface area contributed by atoms with E-state index in [2.05, 4.69) is 11.1 Å². The standard InChI is InChI=1S/C14H19FN2/c15-14(7-1-4-11(16)9-14)12-6-5-10-3-2-8-17-13(10)12/h2-3,8,11-12H,1,4-7,9,16H2. The molecule has 3 rings (SSSR count). The van der Waals surface area contributed by atoms with E-state index in [0.29, 0.717) is 12.8 Å². The summed E-state index contributed by atoms with van der Waals surface area (Å²) in [5, 5.41) is 0. The summed E-state index contributed by atoms with van der Waals surface area (Å²) in [5.74, 6) is -0.0231. The normalized spacial score (nSPS) is 36.8. The first-order valence-corrected chi connectivity index (χ1v) is 6.57. The molecule has 0 aromatic carbocycles. The highest BCUT2D eigenvalue weighted by atomic mass is 19.1. The topological polar surface area (TPSA) is 38.9 Å². The molecule has 3 unspecified atom stereocenters. The summed E-state index contributed by atoms with van der Waals surface area (Å²) in [6, 6.07) is 4.05. The van der Waals surface area contributed by atoms with Gasteiger partial charge >= 0.3 is 0 Å². The number of halogens is 1. The van der Waals surface area contributed by atoms with Crippen molar-refractivity contribution in [3.05, 3.63) is 29.6 Å². The van der Waals surface area contributed by atoms with E-state index in [-0.39, 0.29) is 12.0 Å². The second kappa shape index (κ2) is 4.05. The van der Waals surface area contributed by atoms with Crippen molar-refractivity contribution < 1.29 is 4.39 Å². The quantitative estimate of drug-likeness (QED) is 0.811. The Morgan fingerprint density at radius 1 is 1.41 bits per heavy atom. The van der Waals surface area contributed by atoms with Crippen LogP contribution in [0.1, 0.15) is 49.3 Å². The van der Waals surface area contributed by atoms with E-state index in [9.17, 15) is 0 Å². The second-order valence-corrected chi connectivity index (χ2v) is 5.53. The number of fused-ring (bicyclic) bond motifs is 1. The highest BCUT2D eigenvalue weighted by Gasteiger charge is 2.46. The van der Waals surface area contributed by atoms with Gasteiger partial charge in [-0.15, -0.1) is 0 Å². The molecular formula is C14H19FN2. The molecule has 2 N–H and O–H groups in total. The molecular weight excluding hydrogens is 215 g/mol. The van der Waals surface area contributed by atoms with Crippen molar-refractivity contribution in [3.63, 3.8) is 0 Å². The molecule has 1 aromatic heterocycles. The zero-order valence-corrected chi connectivity index (χ0v) is 10.0. The molecule has 0 spiro atoms. The molecule has 0 aliphatic heterocycles. The fraction of sp³-hybridized carbons (Fsp3) is 0.643. The Morgan fingerprint density at radius 3 is 3.12 bits per heavy atom. The number of aryl methyl sites for hydroxylation is 1. The van der Waals surface area contributed by atoms with Gasteiger partial charge in [-0.05, 0) is 50.2 Å². The van der Waals surface area contributed by atoms with Gasteiger partial charge in [-0.2, -0.15) is 0 Å². The lowest BCUT2D eigenvalue weighted by molar-refractivity contribution is 0.0633. The first-order chi connectivity index (χ1) is 8.19. The van der Waals surface area contributed by atoms with E-state index in [0.717, 1.165) is 31.4 Å². The highest BCUT2D eigenvalue weighted by molar-refractivity contribution is 5.31. The van der Waals surface area contributed by atoms with Crippen LogP contribution in [0.25, 0.3) is 0 Å². The van der Waals surface area contributed by atoms with Crippen molar-refractivity contribution in [1.82, 2.24) is 4.98 Å². The zero-order chi connectivity index (χ0) is 11.9. The van der Waals surface area contributed by atoms with Gasteiger partial charge in [-0.25, -0.2) is 4.39 Å². The third-order valence-electron chi connectivity index (χ3n) is 4.35. The van der Waals surface area contributed by atoms with Crippen LogP contribution in [0.2, 0.25) is 0 Å². The molecule has 1 fully saturated rings. The predicted octanol–water partition coefficient (Wildman–Crippen LogP) is 2.72. The number of hydrogen-bond donors (Lipinski definition) is 1. The van der Waals surface area contributed by atoms with Crippen LogP contribution in [0, 0.1) is 0 Å². The minimum atomic E-state index is -1.11. The highest BCUT2D eigenvalue weighted by Crippen LogP contribution is 2.48. The Labute approximate surface area is 101 Å². The third kappa shape index (κ3) is 1.86. The molecule has 2 nitrogen and oxygen atoms in total. The number of alkyl halides is 1. The number of nitrogens with two attached hydrogens (primary N) is 1. The van der Waals surface area contributed by atoms with Gasteiger partial charge in [0.1, 0.15) is 5.67 Å². The lowest BCUT2D eigenvalue weighted by Gasteiger charge is -2.37. The second-order valence-electron chi connectivity index (χ2n) is 5.53. The van der Waals surface area contributed by atoms with Crippen LogP contribution in [-0.2, 0) is 6.42 Å². The van der Waals surface area contributed by atoms with Crippen LogP contribution in [0.4, 0.5) is 4.39 Å². The van der Waals surface area contributed by atoms with Gasteiger partial charge in [0.25, 0.3) is 0 Å². The molecule has 92 valence electrons. The van der Waals surface area contributed by atoms with Crippen molar-refractivity contribution in [1.29, 1.82) is 0 Å². The summed E-state index contributed by atoms with van der Waals surface area (Å²) in [5.41, 5.74) is 7.04. The van der Waals surface area contributed by atoms with Crippen LogP contribution < -0.4 is 5.73 Å². The molecule has 0 radical (unpaired) electrons. The summed E-state index contributed by atoms with van der Waals surface area (Å²) in [7, 11) is 0. The maximum absolute atomic E-state index is 15.1. The fourth-order valence-corrected chi connectivity index (χ4v) is 3.53. The van der Waals surface area contributed by atoms with Crippen molar-refractivity contribution >= 4 is 0 Å². The van der Waals surface area contributed by atoms with Crippen molar-refractivity contribution in [2.75, 3.05) is 0 Å². The van der Waals surface area contributed by atoms with E-state index >= 15 is 4.39 Å². The van der Waals surface area contributed by atoms with Crippen LogP contribution in [0.15, 0.2) is 18.3 Å². The van der Waals surface area contributed by atoms with E-state index in [4.69, 9.17) is 5.73 Å². The third-order valence-corrected chi connectivity index (χ3v) is 4.35. The summed E-state index contributed by atoms with van der Waals surface area (Å²) < 4.78 is 15.1. The minimum Gasteiger partial charge on any atom is -0.328 e. The molecule has 0 bridgehead atoms. The molecule has 1 saturated carbocycles. The summed E-state index contributed by atoms with van der Waals surface area (Å²) in [6.45, 7) is 0. The number of rotatable bonds is 1. The van der Waals surface area contributed by atoms with Gasteiger partial charge in [-0.1, -0.05) is 6.07 Å². The smallest absolute Gasteiger partial charge is 0.120 e. The molecule has 3 atom stereocenters. The van der Waals surface area contributed by atoms with Crippen LogP contribution >= 0.6 is 0 Å². The molecule has 0 saturated heterocycles. The van der Waals surface area contributed by atoms with E-state index < -0.39 is 5.67 Å². The van der Waals surface area contributed by atoms with Gasteiger partial charge in [0.2, 0.25) is 0 Å². The fourth-order valence-electron chi connectivity index (χ4n) is 3.53. The van der Waals surface area contributed by atoms with Gasteiger partial charge in [0.05, 0.1) is 0 Å². The average Bonchev–Trinajstić information content (AvgIpc) is 2.72. The SMILES string of the molecule is NC1CCCC(F)(C2CCc3cccnc32)C1. The molecule has 2 aliphatic rings. The van der Waals surface area contributed by atoms with Crippen molar-refractivity contribution in [3.8, 4) is 0 Å². The molecule has 0 amide bonds. The minimum absolute atomic E-state index is 0.0231. The Bertz CT molecular complexity index is 420. The Morgan fingerprint density at radius 2 is 2.29 bits per heavy atom. The van der Waals surface area contributed by atoms with Gasteiger partial charge in [-0.3, -0.25) is 4.98 Å². The zero-order valence-electron chi connectivity index (χ0n) is 10.0. The van der Waals surface area contributed by atoms with Gasteiger partial charge in [0, 0.05) is 23.9 Å². The summed E-state index contributed by atoms with van der Waals surface area (Å²) in [4.78, 5) is 4.41.